The van der Waals surface area contributed by atoms with Crippen LogP contribution in [0.1, 0.15) is 16.7 Å². The summed E-state index contributed by atoms with van der Waals surface area (Å²) in [4.78, 5) is 2.03. The summed E-state index contributed by atoms with van der Waals surface area (Å²) in [6, 6.07) is 1.59. The van der Waals surface area contributed by atoms with Crippen molar-refractivity contribution in [2.45, 2.75) is 31.3 Å². The zero-order valence-corrected chi connectivity index (χ0v) is 12.6. The number of sulfonamides is 1. The minimum Gasteiger partial charge on any atom is -0.326 e. The van der Waals surface area contributed by atoms with E-state index in [4.69, 9.17) is 5.73 Å². The lowest BCUT2D eigenvalue weighted by atomic mass is 10.4. The van der Waals surface area contributed by atoms with Crippen LogP contribution in [0.3, 0.4) is 0 Å². The van der Waals surface area contributed by atoms with Crippen molar-refractivity contribution in [2.75, 3.05) is 12.0 Å². The molecule has 17 heavy (non-hydrogen) atoms. The second kappa shape index (κ2) is 6.19. The van der Waals surface area contributed by atoms with Gasteiger partial charge >= 0.3 is 0 Å². The van der Waals surface area contributed by atoms with Gasteiger partial charge in [-0.2, -0.15) is 11.8 Å². The first-order valence-corrected chi connectivity index (χ1v) is 8.90. The van der Waals surface area contributed by atoms with Gasteiger partial charge in [0.05, 0.1) is 4.90 Å². The van der Waals surface area contributed by atoms with E-state index in [9.17, 15) is 8.42 Å². The molecule has 1 atom stereocenters. The average molecular weight is 294 g/mol. The summed E-state index contributed by atoms with van der Waals surface area (Å²) in [7, 11) is -3.41. The molecule has 4 nitrogen and oxygen atoms in total. The molecule has 0 aromatic carbocycles. The van der Waals surface area contributed by atoms with Gasteiger partial charge in [-0.1, -0.05) is 0 Å². The molecule has 0 amide bonds. The van der Waals surface area contributed by atoms with Crippen LogP contribution in [0.5, 0.6) is 0 Å². The van der Waals surface area contributed by atoms with Crippen LogP contribution in [0.25, 0.3) is 0 Å². The van der Waals surface area contributed by atoms with Gasteiger partial charge in [-0.3, -0.25) is 0 Å². The molecular weight excluding hydrogens is 276 g/mol. The third-order valence-electron chi connectivity index (χ3n) is 2.19. The number of rotatable bonds is 6. The number of thioether (sulfide) groups is 1. The van der Waals surface area contributed by atoms with E-state index >= 15 is 0 Å². The Labute approximate surface area is 111 Å². The van der Waals surface area contributed by atoms with Crippen molar-refractivity contribution in [2.24, 2.45) is 5.73 Å². The van der Waals surface area contributed by atoms with E-state index in [-0.39, 0.29) is 6.04 Å². The second-order valence-electron chi connectivity index (χ2n) is 3.81. The van der Waals surface area contributed by atoms with Crippen LogP contribution >= 0.6 is 23.1 Å². The molecule has 7 heteroatoms. The maximum absolute atomic E-state index is 12.1. The molecule has 0 bridgehead atoms. The molecule has 1 aromatic rings. The molecule has 98 valence electrons. The second-order valence-corrected chi connectivity index (χ2v) is 7.75. The molecule has 0 saturated heterocycles. The van der Waals surface area contributed by atoms with Gasteiger partial charge in [0.15, 0.2) is 0 Å². The topological polar surface area (TPSA) is 72.2 Å². The van der Waals surface area contributed by atoms with Crippen molar-refractivity contribution < 1.29 is 8.42 Å². The number of nitrogens with one attached hydrogen (secondary N) is 1. The van der Waals surface area contributed by atoms with Crippen LogP contribution in [-0.4, -0.2) is 26.5 Å². The van der Waals surface area contributed by atoms with Gasteiger partial charge in [-0.25, -0.2) is 13.1 Å². The summed E-state index contributed by atoms with van der Waals surface area (Å²) in [5.41, 5.74) is 5.52. The highest BCUT2D eigenvalue weighted by Crippen LogP contribution is 2.25. The lowest BCUT2D eigenvalue weighted by Crippen LogP contribution is -2.34. The summed E-state index contributed by atoms with van der Waals surface area (Å²) in [5.74, 6) is 0.756. The largest absolute Gasteiger partial charge is 0.326 e. The minimum absolute atomic E-state index is 0.0735. The first kappa shape index (κ1) is 15.0. The van der Waals surface area contributed by atoms with Crippen LogP contribution in [0.15, 0.2) is 11.0 Å². The van der Waals surface area contributed by atoms with Crippen molar-refractivity contribution >= 4 is 33.1 Å². The number of nitrogens with two attached hydrogens (primary N) is 1. The van der Waals surface area contributed by atoms with Crippen molar-refractivity contribution in [1.82, 2.24) is 4.72 Å². The quantitative estimate of drug-likeness (QED) is 0.835. The Morgan fingerprint density at radius 2 is 2.24 bits per heavy atom. The molecule has 0 fully saturated rings. The molecule has 0 spiro atoms. The minimum atomic E-state index is -3.41. The normalized spacial score (nSPS) is 13.9. The third kappa shape index (κ3) is 3.96. The Morgan fingerprint density at radius 3 is 2.71 bits per heavy atom. The Bertz CT molecular complexity index is 468. The van der Waals surface area contributed by atoms with E-state index in [1.54, 1.807) is 24.8 Å². The van der Waals surface area contributed by atoms with Crippen LogP contribution < -0.4 is 10.5 Å². The Kier molecular flexibility index (Phi) is 5.46. The smallest absolute Gasteiger partial charge is 0.241 e. The van der Waals surface area contributed by atoms with Crippen molar-refractivity contribution in [1.29, 1.82) is 0 Å². The number of hydrogen-bond donors (Lipinski definition) is 2. The summed E-state index contributed by atoms with van der Waals surface area (Å²) in [6.07, 6.45) is 1.95. The fourth-order valence-electron chi connectivity index (χ4n) is 1.50. The van der Waals surface area contributed by atoms with Gasteiger partial charge in [-0.05, 0) is 26.2 Å². The van der Waals surface area contributed by atoms with E-state index in [1.807, 2.05) is 13.2 Å². The highest BCUT2D eigenvalue weighted by molar-refractivity contribution is 7.98. The summed E-state index contributed by atoms with van der Waals surface area (Å²) in [5, 5.41) is 0. The highest BCUT2D eigenvalue weighted by atomic mass is 32.2. The predicted molar refractivity (Wildman–Crippen MR) is 75.1 cm³/mol. The average Bonchev–Trinajstić information content (AvgIpc) is 2.60. The van der Waals surface area contributed by atoms with Gasteiger partial charge < -0.3 is 5.73 Å². The summed E-state index contributed by atoms with van der Waals surface area (Å²) in [6.45, 7) is 4.04. The molecule has 1 unspecified atom stereocenters. The predicted octanol–water partition coefficient (Wildman–Crippen LogP) is 1.55. The maximum Gasteiger partial charge on any atom is 0.241 e. The number of thiophene rings is 1. The van der Waals surface area contributed by atoms with Gasteiger partial charge in [0.2, 0.25) is 10.0 Å². The molecule has 1 rings (SSSR count). The Hall–Kier alpha value is -0.0800. The van der Waals surface area contributed by atoms with Crippen molar-refractivity contribution in [3.05, 3.63) is 15.8 Å². The fourth-order valence-corrected chi connectivity index (χ4v) is 4.95. The summed E-state index contributed by atoms with van der Waals surface area (Å²) < 4.78 is 26.9. The molecule has 0 aliphatic rings. The molecule has 0 saturated carbocycles. The Morgan fingerprint density at radius 1 is 1.59 bits per heavy atom. The zero-order valence-electron chi connectivity index (χ0n) is 10.2. The molecule has 0 aliphatic carbocycles. The first-order valence-electron chi connectivity index (χ1n) is 5.21. The molecule has 1 heterocycles. The fraction of sp³-hybridized carbons (Fsp3) is 0.600. The zero-order chi connectivity index (χ0) is 13.1. The monoisotopic (exact) mass is 294 g/mol. The van der Waals surface area contributed by atoms with Crippen LogP contribution in [-0.2, 0) is 16.6 Å². The van der Waals surface area contributed by atoms with Crippen LogP contribution in [0.2, 0.25) is 0 Å². The van der Waals surface area contributed by atoms with E-state index < -0.39 is 10.0 Å². The first-order chi connectivity index (χ1) is 7.90. The Balaban J connectivity index is 2.92. The van der Waals surface area contributed by atoms with Crippen LogP contribution in [0, 0.1) is 6.92 Å². The maximum atomic E-state index is 12.1. The molecule has 0 aliphatic heterocycles. The van der Waals surface area contributed by atoms with Gasteiger partial charge in [0.1, 0.15) is 0 Å². The van der Waals surface area contributed by atoms with Crippen molar-refractivity contribution in [3.63, 3.8) is 0 Å². The van der Waals surface area contributed by atoms with E-state index in [0.29, 0.717) is 11.4 Å². The van der Waals surface area contributed by atoms with E-state index in [1.165, 1.54) is 11.3 Å². The van der Waals surface area contributed by atoms with Crippen molar-refractivity contribution in [3.8, 4) is 0 Å². The summed E-state index contributed by atoms with van der Waals surface area (Å²) >= 11 is 3.05. The number of hydrogen-bond acceptors (Lipinski definition) is 5. The van der Waals surface area contributed by atoms with Crippen LogP contribution in [0.4, 0.5) is 0 Å². The third-order valence-corrected chi connectivity index (χ3v) is 5.94. The SMILES string of the molecule is CSCC(C)NS(=O)(=O)c1cc(CN)sc1C. The van der Waals surface area contributed by atoms with Gasteiger partial charge in [0.25, 0.3) is 0 Å². The standard InChI is InChI=1S/C10H18N2O2S3/c1-7(6-15-3)12-17(13,14)10-4-9(5-11)16-8(10)2/h4,7,12H,5-6,11H2,1-3H3. The van der Waals surface area contributed by atoms with Gasteiger partial charge in [0, 0.05) is 28.1 Å². The molecular formula is C10H18N2O2S3. The van der Waals surface area contributed by atoms with Gasteiger partial charge in [-0.15, -0.1) is 11.3 Å². The lowest BCUT2D eigenvalue weighted by molar-refractivity contribution is 0.571. The number of aryl methyl sites for hydroxylation is 1. The highest BCUT2D eigenvalue weighted by Gasteiger charge is 2.21. The van der Waals surface area contributed by atoms with E-state index in [0.717, 1.165) is 15.5 Å². The molecule has 3 N–H and O–H groups in total. The molecule has 0 radical (unpaired) electrons. The molecule has 1 aromatic heterocycles. The van der Waals surface area contributed by atoms with E-state index in [2.05, 4.69) is 4.72 Å². The lowest BCUT2D eigenvalue weighted by Gasteiger charge is -2.12.